The first-order valence-electron chi connectivity index (χ1n) is 7.89. The molecule has 8 heteroatoms. The maximum atomic E-state index is 13.3. The second-order valence-corrected chi connectivity index (χ2v) is 14.2. The average molecular weight is 453 g/mol. The molecule has 3 rings (SSSR count). The molecule has 27 heavy (non-hydrogen) atoms. The standard InChI is InChI=1S/C19H15AsF3NO2S/c21-19(22,23)27(25,26)24-20(16-10-4-1-5-11-16,17-12-6-2-7-13-17)18-14-8-3-9-15-18/h1-15H. The van der Waals surface area contributed by atoms with Gasteiger partial charge in [0.1, 0.15) is 0 Å². The van der Waals surface area contributed by atoms with Crippen LogP contribution in [0.1, 0.15) is 0 Å². The monoisotopic (exact) mass is 453 g/mol. The summed E-state index contributed by atoms with van der Waals surface area (Å²) >= 11 is -4.32. The van der Waals surface area contributed by atoms with Gasteiger partial charge in [-0.3, -0.25) is 0 Å². The fraction of sp³-hybridized carbons (Fsp3) is 0.0526. The van der Waals surface area contributed by atoms with Gasteiger partial charge in [0.05, 0.1) is 0 Å². The van der Waals surface area contributed by atoms with Gasteiger partial charge in [0, 0.05) is 0 Å². The summed E-state index contributed by atoms with van der Waals surface area (Å²) in [4.78, 5) is 0. The van der Waals surface area contributed by atoms with E-state index in [0.717, 1.165) is 0 Å². The molecule has 0 atom stereocenters. The summed E-state index contributed by atoms with van der Waals surface area (Å²) < 4.78 is 69.1. The molecule has 0 fully saturated rings. The number of nitrogens with zero attached hydrogens (tertiary/aromatic N) is 1. The fourth-order valence-corrected chi connectivity index (χ4v) is 13.5. The number of benzene rings is 3. The Hall–Kier alpha value is -2.24. The molecule has 0 unspecified atom stereocenters. The quantitative estimate of drug-likeness (QED) is 0.571. The van der Waals surface area contributed by atoms with Gasteiger partial charge in [-0.1, -0.05) is 0 Å². The van der Waals surface area contributed by atoms with Crippen molar-refractivity contribution in [3.8, 4) is 0 Å². The zero-order valence-electron chi connectivity index (χ0n) is 13.9. The zero-order valence-corrected chi connectivity index (χ0v) is 16.6. The van der Waals surface area contributed by atoms with Gasteiger partial charge in [-0.15, -0.1) is 0 Å². The molecule has 0 saturated carbocycles. The van der Waals surface area contributed by atoms with Crippen LogP contribution in [0.25, 0.3) is 0 Å². The van der Waals surface area contributed by atoms with Crippen LogP contribution in [-0.4, -0.2) is 27.3 Å². The van der Waals surface area contributed by atoms with Gasteiger partial charge in [-0.25, -0.2) is 0 Å². The van der Waals surface area contributed by atoms with E-state index in [-0.39, 0.29) is 0 Å². The fourth-order valence-electron chi connectivity index (χ4n) is 2.73. The normalized spacial score (nSPS) is 12.6. The molecule has 3 aromatic carbocycles. The molecule has 0 aliphatic heterocycles. The molecule has 0 amide bonds. The molecule has 0 aliphatic carbocycles. The Balaban J connectivity index is 2.53. The van der Waals surface area contributed by atoms with Gasteiger partial charge < -0.3 is 0 Å². The van der Waals surface area contributed by atoms with E-state index in [1.165, 1.54) is 0 Å². The van der Waals surface area contributed by atoms with Crippen molar-refractivity contribution in [3.63, 3.8) is 0 Å². The van der Waals surface area contributed by atoms with Crippen molar-refractivity contribution in [1.82, 2.24) is 0 Å². The van der Waals surface area contributed by atoms with E-state index in [2.05, 4.69) is 3.27 Å². The van der Waals surface area contributed by atoms with Crippen molar-refractivity contribution in [3.05, 3.63) is 91.0 Å². The van der Waals surface area contributed by atoms with Gasteiger partial charge in [-0.05, 0) is 0 Å². The van der Waals surface area contributed by atoms with Crippen molar-refractivity contribution >= 4 is 36.4 Å². The number of hydrogen-bond acceptors (Lipinski definition) is 2. The first-order valence-corrected chi connectivity index (χ1v) is 13.0. The maximum absolute atomic E-state index is 13.3. The summed E-state index contributed by atoms with van der Waals surface area (Å²) in [6.07, 6.45) is 0. The third-order valence-corrected chi connectivity index (χ3v) is 14.4. The van der Waals surface area contributed by atoms with E-state index in [1.807, 2.05) is 0 Å². The molecule has 0 N–H and O–H groups in total. The van der Waals surface area contributed by atoms with Crippen LogP contribution in [0.4, 0.5) is 13.2 Å². The van der Waals surface area contributed by atoms with Crippen LogP contribution >= 0.6 is 0 Å². The van der Waals surface area contributed by atoms with Crippen molar-refractivity contribution < 1.29 is 21.6 Å². The van der Waals surface area contributed by atoms with E-state index in [1.54, 1.807) is 91.0 Å². The van der Waals surface area contributed by atoms with Crippen molar-refractivity contribution in [1.29, 1.82) is 0 Å². The molecule has 0 aliphatic rings. The number of sulfonamides is 1. The Bertz CT molecular complexity index is 965. The van der Waals surface area contributed by atoms with Crippen LogP contribution in [0.5, 0.6) is 0 Å². The SMILES string of the molecule is O=S(=O)(N=[As](c1ccccc1)(c1ccccc1)c1ccccc1)C(F)(F)F. The van der Waals surface area contributed by atoms with Gasteiger partial charge in [0.25, 0.3) is 0 Å². The van der Waals surface area contributed by atoms with Crippen LogP contribution in [0.15, 0.2) is 94.3 Å². The van der Waals surface area contributed by atoms with Gasteiger partial charge in [-0.2, -0.15) is 0 Å². The molecule has 0 heterocycles. The second-order valence-electron chi connectivity index (χ2n) is 5.64. The van der Waals surface area contributed by atoms with Gasteiger partial charge >= 0.3 is 158 Å². The first kappa shape index (κ1) is 19.5. The number of halogens is 3. The third-order valence-electron chi connectivity index (χ3n) is 3.91. The van der Waals surface area contributed by atoms with Crippen LogP contribution in [0.2, 0.25) is 0 Å². The summed E-state index contributed by atoms with van der Waals surface area (Å²) in [5, 5.41) is 0. The Kier molecular flexibility index (Phi) is 5.35. The molecule has 0 bridgehead atoms. The predicted molar refractivity (Wildman–Crippen MR) is 101 cm³/mol. The Labute approximate surface area is 157 Å². The molecule has 140 valence electrons. The van der Waals surface area contributed by atoms with E-state index >= 15 is 0 Å². The summed E-state index contributed by atoms with van der Waals surface area (Å²) in [7, 11) is -5.70. The van der Waals surface area contributed by atoms with E-state index < -0.39 is 28.9 Å². The number of hydrogen-bond donors (Lipinski definition) is 0. The van der Waals surface area contributed by atoms with Gasteiger partial charge in [0.2, 0.25) is 0 Å². The molecule has 3 nitrogen and oxygen atoms in total. The van der Waals surface area contributed by atoms with Gasteiger partial charge in [0.15, 0.2) is 0 Å². The van der Waals surface area contributed by atoms with E-state index in [9.17, 15) is 21.6 Å². The zero-order chi connectivity index (χ0) is 19.5. The predicted octanol–water partition coefficient (Wildman–Crippen LogP) is 2.77. The van der Waals surface area contributed by atoms with Crippen molar-refractivity contribution in [2.45, 2.75) is 5.51 Å². The third kappa shape index (κ3) is 3.75. The molecular formula is C19H15AsF3NO2S. The molecule has 0 aromatic heterocycles. The molecule has 0 spiro atoms. The van der Waals surface area contributed by atoms with Crippen LogP contribution in [-0.2, 0) is 10.0 Å². The summed E-state index contributed by atoms with van der Waals surface area (Å²) in [6.45, 7) is 0. The summed E-state index contributed by atoms with van der Waals surface area (Å²) in [5.41, 5.74) is -5.46. The van der Waals surface area contributed by atoms with E-state index in [0.29, 0.717) is 13.1 Å². The molecule has 0 radical (unpaired) electrons. The average Bonchev–Trinajstić information content (AvgIpc) is 2.67. The second kappa shape index (κ2) is 7.41. The summed E-state index contributed by atoms with van der Waals surface area (Å²) in [5.74, 6) is 0. The van der Waals surface area contributed by atoms with Crippen LogP contribution in [0.3, 0.4) is 0 Å². The molecular weight excluding hydrogens is 438 g/mol. The summed E-state index contributed by atoms with van der Waals surface area (Å²) in [6, 6.07) is 25.1. The molecule has 0 saturated heterocycles. The first-order chi connectivity index (χ1) is 12.8. The minimum atomic E-state index is -5.70. The van der Waals surface area contributed by atoms with Crippen molar-refractivity contribution in [2.24, 2.45) is 3.27 Å². The Morgan fingerprint density at radius 2 is 0.926 bits per heavy atom. The van der Waals surface area contributed by atoms with E-state index in [4.69, 9.17) is 0 Å². The van der Waals surface area contributed by atoms with Crippen molar-refractivity contribution in [2.75, 3.05) is 0 Å². The number of alkyl halides is 3. The van der Waals surface area contributed by atoms with Crippen LogP contribution in [0, 0.1) is 0 Å². The Morgan fingerprint density at radius 3 is 1.19 bits per heavy atom. The topological polar surface area (TPSA) is 46.5 Å². The number of rotatable bonds is 4. The molecule has 3 aromatic rings. The minimum absolute atomic E-state index is 0.487. The van der Waals surface area contributed by atoms with Crippen LogP contribution < -0.4 is 13.1 Å². The Morgan fingerprint density at radius 1 is 0.630 bits per heavy atom.